The van der Waals surface area contributed by atoms with Gasteiger partial charge in [-0.3, -0.25) is 4.90 Å². The van der Waals surface area contributed by atoms with Crippen LogP contribution in [0.1, 0.15) is 39.0 Å². The zero-order valence-electron chi connectivity index (χ0n) is 11.8. The van der Waals surface area contributed by atoms with Crippen molar-refractivity contribution in [1.82, 2.24) is 9.80 Å². The van der Waals surface area contributed by atoms with Crippen LogP contribution < -0.4 is 5.73 Å². The van der Waals surface area contributed by atoms with Crippen LogP contribution in [0.15, 0.2) is 0 Å². The standard InChI is InChI=1S/C14H29N3O/c1-14(18,12-15)6-7-16-8-10-17(11-9-16)13-4-2-3-5-13/h13,18H,2-12,15H2,1H3. The molecular formula is C14H29N3O. The van der Waals surface area contributed by atoms with Gasteiger partial charge in [0.15, 0.2) is 0 Å². The van der Waals surface area contributed by atoms with E-state index in [4.69, 9.17) is 5.73 Å². The van der Waals surface area contributed by atoms with Crippen molar-refractivity contribution in [2.45, 2.75) is 50.7 Å². The van der Waals surface area contributed by atoms with Gasteiger partial charge >= 0.3 is 0 Å². The Morgan fingerprint density at radius 3 is 2.33 bits per heavy atom. The summed E-state index contributed by atoms with van der Waals surface area (Å²) < 4.78 is 0. The van der Waals surface area contributed by atoms with Gasteiger partial charge in [0.05, 0.1) is 5.60 Å². The number of nitrogens with zero attached hydrogens (tertiary/aromatic N) is 2. The van der Waals surface area contributed by atoms with Crippen LogP contribution >= 0.6 is 0 Å². The van der Waals surface area contributed by atoms with Crippen LogP contribution in [0.4, 0.5) is 0 Å². The Bertz CT molecular complexity index is 243. The first kappa shape index (κ1) is 14.3. The molecule has 0 radical (unpaired) electrons. The Balaban J connectivity index is 1.67. The van der Waals surface area contributed by atoms with E-state index in [0.29, 0.717) is 6.54 Å². The van der Waals surface area contributed by atoms with E-state index < -0.39 is 5.60 Å². The highest BCUT2D eigenvalue weighted by Crippen LogP contribution is 2.24. The fourth-order valence-corrected chi connectivity index (χ4v) is 3.12. The van der Waals surface area contributed by atoms with Gasteiger partial charge in [0, 0.05) is 45.3 Å². The number of hydrogen-bond acceptors (Lipinski definition) is 4. The Morgan fingerprint density at radius 1 is 1.17 bits per heavy atom. The minimum atomic E-state index is -0.692. The van der Waals surface area contributed by atoms with Gasteiger partial charge in [-0.25, -0.2) is 0 Å². The summed E-state index contributed by atoms with van der Waals surface area (Å²) in [6.45, 7) is 7.87. The van der Waals surface area contributed by atoms with Crippen molar-refractivity contribution in [3.63, 3.8) is 0 Å². The summed E-state index contributed by atoms with van der Waals surface area (Å²) in [6.07, 6.45) is 6.44. The molecule has 2 fully saturated rings. The second-order valence-electron chi connectivity index (χ2n) is 6.27. The van der Waals surface area contributed by atoms with Crippen LogP contribution in [0.3, 0.4) is 0 Å². The summed E-state index contributed by atoms with van der Waals surface area (Å²) in [7, 11) is 0. The third kappa shape index (κ3) is 3.92. The largest absolute Gasteiger partial charge is 0.389 e. The van der Waals surface area contributed by atoms with Crippen molar-refractivity contribution in [3.8, 4) is 0 Å². The molecule has 0 aromatic rings. The molecule has 1 saturated heterocycles. The predicted molar refractivity (Wildman–Crippen MR) is 74.6 cm³/mol. The predicted octanol–water partition coefficient (Wildman–Crippen LogP) is 0.646. The van der Waals surface area contributed by atoms with Gasteiger partial charge in [0.2, 0.25) is 0 Å². The van der Waals surface area contributed by atoms with Crippen LogP contribution in [0.5, 0.6) is 0 Å². The summed E-state index contributed by atoms with van der Waals surface area (Å²) in [6, 6.07) is 0.860. The van der Waals surface area contributed by atoms with Gasteiger partial charge in [-0.1, -0.05) is 12.8 Å². The molecule has 1 atom stereocenters. The molecule has 1 saturated carbocycles. The molecule has 0 aromatic heterocycles. The van der Waals surface area contributed by atoms with Gasteiger partial charge in [0.1, 0.15) is 0 Å². The van der Waals surface area contributed by atoms with E-state index in [1.54, 1.807) is 0 Å². The summed E-state index contributed by atoms with van der Waals surface area (Å²) in [4.78, 5) is 5.14. The van der Waals surface area contributed by atoms with E-state index in [1.165, 1.54) is 38.8 Å². The maximum Gasteiger partial charge on any atom is 0.0753 e. The Labute approximate surface area is 111 Å². The van der Waals surface area contributed by atoms with E-state index in [9.17, 15) is 5.11 Å². The molecule has 1 heterocycles. The minimum Gasteiger partial charge on any atom is -0.389 e. The molecule has 1 aliphatic heterocycles. The van der Waals surface area contributed by atoms with Gasteiger partial charge < -0.3 is 15.7 Å². The molecule has 2 rings (SSSR count). The fraction of sp³-hybridized carbons (Fsp3) is 1.00. The second kappa shape index (κ2) is 6.33. The molecule has 106 valence electrons. The molecule has 0 spiro atoms. The van der Waals surface area contributed by atoms with E-state index in [2.05, 4.69) is 9.80 Å². The van der Waals surface area contributed by atoms with Crippen molar-refractivity contribution >= 4 is 0 Å². The molecule has 0 aromatic carbocycles. The van der Waals surface area contributed by atoms with Crippen LogP contribution in [0, 0.1) is 0 Å². The zero-order chi connectivity index (χ0) is 13.0. The molecular weight excluding hydrogens is 226 g/mol. The highest BCUT2D eigenvalue weighted by Gasteiger charge is 2.27. The van der Waals surface area contributed by atoms with E-state index in [0.717, 1.165) is 32.1 Å². The summed E-state index contributed by atoms with van der Waals surface area (Å²) in [5.41, 5.74) is 4.86. The monoisotopic (exact) mass is 255 g/mol. The molecule has 4 heteroatoms. The van der Waals surface area contributed by atoms with E-state index in [-0.39, 0.29) is 0 Å². The molecule has 1 aliphatic carbocycles. The molecule has 18 heavy (non-hydrogen) atoms. The lowest BCUT2D eigenvalue weighted by molar-refractivity contribution is 0.0346. The first-order valence-electron chi connectivity index (χ1n) is 7.49. The first-order valence-corrected chi connectivity index (χ1v) is 7.49. The maximum absolute atomic E-state index is 9.92. The van der Waals surface area contributed by atoms with E-state index in [1.807, 2.05) is 6.92 Å². The van der Waals surface area contributed by atoms with Crippen molar-refractivity contribution < 1.29 is 5.11 Å². The smallest absolute Gasteiger partial charge is 0.0753 e. The lowest BCUT2D eigenvalue weighted by atomic mass is 10.0. The quantitative estimate of drug-likeness (QED) is 0.757. The SMILES string of the molecule is CC(O)(CN)CCN1CCN(C2CCCC2)CC1. The topological polar surface area (TPSA) is 52.7 Å². The Kier molecular flexibility index (Phi) is 5.01. The lowest BCUT2D eigenvalue weighted by Gasteiger charge is -2.38. The van der Waals surface area contributed by atoms with Gasteiger partial charge in [-0.05, 0) is 26.2 Å². The van der Waals surface area contributed by atoms with Crippen LogP contribution in [-0.4, -0.2) is 65.8 Å². The molecule has 2 aliphatic rings. The van der Waals surface area contributed by atoms with Crippen molar-refractivity contribution in [2.75, 3.05) is 39.3 Å². The highest BCUT2D eigenvalue weighted by atomic mass is 16.3. The third-order valence-electron chi connectivity index (χ3n) is 4.65. The van der Waals surface area contributed by atoms with Gasteiger partial charge in [-0.2, -0.15) is 0 Å². The lowest BCUT2D eigenvalue weighted by Crippen LogP contribution is -2.50. The zero-order valence-corrected chi connectivity index (χ0v) is 11.8. The van der Waals surface area contributed by atoms with E-state index >= 15 is 0 Å². The average molecular weight is 255 g/mol. The van der Waals surface area contributed by atoms with Crippen LogP contribution in [0.2, 0.25) is 0 Å². The van der Waals surface area contributed by atoms with Crippen LogP contribution in [0.25, 0.3) is 0 Å². The minimum absolute atomic E-state index is 0.356. The Hall–Kier alpha value is -0.160. The summed E-state index contributed by atoms with van der Waals surface area (Å²) >= 11 is 0. The van der Waals surface area contributed by atoms with Crippen molar-refractivity contribution in [1.29, 1.82) is 0 Å². The number of hydrogen-bond donors (Lipinski definition) is 2. The second-order valence-corrected chi connectivity index (χ2v) is 6.27. The Morgan fingerprint density at radius 2 is 1.78 bits per heavy atom. The number of piperazine rings is 1. The molecule has 0 bridgehead atoms. The van der Waals surface area contributed by atoms with Crippen molar-refractivity contribution in [2.24, 2.45) is 5.73 Å². The first-order chi connectivity index (χ1) is 8.61. The highest BCUT2D eigenvalue weighted by molar-refractivity contribution is 4.83. The molecule has 4 nitrogen and oxygen atoms in total. The van der Waals surface area contributed by atoms with Crippen LogP contribution in [-0.2, 0) is 0 Å². The van der Waals surface area contributed by atoms with Gasteiger partial charge in [-0.15, -0.1) is 0 Å². The molecule has 1 unspecified atom stereocenters. The average Bonchev–Trinajstić information content (AvgIpc) is 2.91. The summed E-state index contributed by atoms with van der Waals surface area (Å²) in [5.74, 6) is 0. The van der Waals surface area contributed by atoms with Gasteiger partial charge in [0.25, 0.3) is 0 Å². The maximum atomic E-state index is 9.92. The third-order valence-corrected chi connectivity index (χ3v) is 4.65. The number of rotatable bonds is 5. The number of nitrogens with two attached hydrogens (primary N) is 1. The molecule has 3 N–H and O–H groups in total. The fourth-order valence-electron chi connectivity index (χ4n) is 3.12. The summed E-state index contributed by atoms with van der Waals surface area (Å²) in [5, 5.41) is 9.92. The molecule has 0 amide bonds. The normalized spacial score (nSPS) is 27.5. The number of aliphatic hydroxyl groups is 1. The van der Waals surface area contributed by atoms with Crippen molar-refractivity contribution in [3.05, 3.63) is 0 Å².